The first-order chi connectivity index (χ1) is 10.1. The zero-order valence-electron chi connectivity index (χ0n) is 12.8. The van der Waals surface area contributed by atoms with Gasteiger partial charge in [-0.2, -0.15) is 0 Å². The molecule has 2 nitrogen and oxygen atoms in total. The molecule has 0 aliphatic rings. The monoisotopic (exact) mass is 303 g/mol. The Morgan fingerprint density at radius 2 is 1.86 bits per heavy atom. The smallest absolute Gasteiger partial charge is 0.120 e. The SMILES string of the molecule is CNC(Cc1cccc(Cl)c1)c1cccc(OC(C)C)c1. The molecule has 2 rings (SSSR count). The van der Waals surface area contributed by atoms with Gasteiger partial charge in [0.1, 0.15) is 5.75 Å². The van der Waals surface area contributed by atoms with E-state index in [1.54, 1.807) is 0 Å². The number of nitrogens with one attached hydrogen (secondary N) is 1. The van der Waals surface area contributed by atoms with Crippen LogP contribution in [0.3, 0.4) is 0 Å². The van der Waals surface area contributed by atoms with Gasteiger partial charge in [0.15, 0.2) is 0 Å². The Labute approximate surface area is 132 Å². The molecule has 0 aromatic heterocycles. The van der Waals surface area contributed by atoms with Gasteiger partial charge in [-0.15, -0.1) is 0 Å². The highest BCUT2D eigenvalue weighted by Gasteiger charge is 2.11. The van der Waals surface area contributed by atoms with E-state index < -0.39 is 0 Å². The van der Waals surface area contributed by atoms with E-state index >= 15 is 0 Å². The summed E-state index contributed by atoms with van der Waals surface area (Å²) in [5.74, 6) is 0.911. The molecule has 1 atom stereocenters. The summed E-state index contributed by atoms with van der Waals surface area (Å²) in [6.07, 6.45) is 1.07. The highest BCUT2D eigenvalue weighted by atomic mass is 35.5. The molecule has 3 heteroatoms. The average Bonchev–Trinajstić information content (AvgIpc) is 2.44. The van der Waals surface area contributed by atoms with Gasteiger partial charge in [0.2, 0.25) is 0 Å². The van der Waals surface area contributed by atoms with E-state index in [1.165, 1.54) is 11.1 Å². The van der Waals surface area contributed by atoms with Crippen molar-refractivity contribution in [3.05, 3.63) is 64.7 Å². The lowest BCUT2D eigenvalue weighted by molar-refractivity contribution is 0.242. The van der Waals surface area contributed by atoms with E-state index in [2.05, 4.69) is 23.5 Å². The first-order valence-electron chi connectivity index (χ1n) is 7.27. The number of halogens is 1. The van der Waals surface area contributed by atoms with E-state index in [1.807, 2.05) is 51.2 Å². The highest BCUT2D eigenvalue weighted by Crippen LogP contribution is 2.24. The van der Waals surface area contributed by atoms with Gasteiger partial charge in [0.05, 0.1) is 6.10 Å². The third-order valence-electron chi connectivity index (χ3n) is 3.31. The lowest BCUT2D eigenvalue weighted by Crippen LogP contribution is -2.19. The molecule has 2 aromatic carbocycles. The van der Waals surface area contributed by atoms with Gasteiger partial charge in [-0.25, -0.2) is 0 Å². The maximum absolute atomic E-state index is 6.06. The van der Waals surface area contributed by atoms with Crippen LogP contribution in [0.4, 0.5) is 0 Å². The number of hydrogen-bond acceptors (Lipinski definition) is 2. The molecule has 112 valence electrons. The summed E-state index contributed by atoms with van der Waals surface area (Å²) >= 11 is 6.06. The maximum Gasteiger partial charge on any atom is 0.120 e. The Morgan fingerprint density at radius 3 is 2.52 bits per heavy atom. The summed E-state index contributed by atoms with van der Waals surface area (Å²) < 4.78 is 5.77. The van der Waals surface area contributed by atoms with Crippen LogP contribution >= 0.6 is 11.6 Å². The molecule has 0 saturated heterocycles. The minimum Gasteiger partial charge on any atom is -0.491 e. The summed E-state index contributed by atoms with van der Waals surface area (Å²) in [5, 5.41) is 4.15. The van der Waals surface area contributed by atoms with Crippen LogP contribution in [0.1, 0.15) is 31.0 Å². The summed E-state index contributed by atoms with van der Waals surface area (Å²) in [7, 11) is 1.98. The van der Waals surface area contributed by atoms with Crippen LogP contribution in [0.15, 0.2) is 48.5 Å². The molecule has 0 fully saturated rings. The zero-order chi connectivity index (χ0) is 15.2. The van der Waals surface area contributed by atoms with E-state index in [0.29, 0.717) is 0 Å². The molecule has 0 heterocycles. The third kappa shape index (κ3) is 4.76. The molecule has 0 aliphatic carbocycles. The van der Waals surface area contributed by atoms with E-state index in [9.17, 15) is 0 Å². The van der Waals surface area contributed by atoms with Crippen molar-refractivity contribution in [3.63, 3.8) is 0 Å². The fourth-order valence-electron chi connectivity index (χ4n) is 2.36. The van der Waals surface area contributed by atoms with Gasteiger partial charge < -0.3 is 10.1 Å². The predicted molar refractivity (Wildman–Crippen MR) is 89.2 cm³/mol. The topological polar surface area (TPSA) is 21.3 Å². The molecule has 2 aromatic rings. The Morgan fingerprint density at radius 1 is 1.10 bits per heavy atom. The number of rotatable bonds is 6. The highest BCUT2D eigenvalue weighted by molar-refractivity contribution is 6.30. The molecule has 0 bridgehead atoms. The standard InChI is InChI=1S/C18H22ClNO/c1-13(2)21-17-9-5-7-15(12-17)18(20-3)11-14-6-4-8-16(19)10-14/h4-10,12-13,18,20H,11H2,1-3H3. The second kappa shape index (κ2) is 7.48. The first-order valence-corrected chi connectivity index (χ1v) is 7.64. The lowest BCUT2D eigenvalue weighted by Gasteiger charge is -2.18. The number of hydrogen-bond donors (Lipinski definition) is 1. The van der Waals surface area contributed by atoms with Crippen molar-refractivity contribution in [2.24, 2.45) is 0 Å². The lowest BCUT2D eigenvalue weighted by atomic mass is 9.99. The van der Waals surface area contributed by atoms with Crippen LogP contribution in [0.5, 0.6) is 5.75 Å². The quantitative estimate of drug-likeness (QED) is 0.840. The molecule has 0 amide bonds. The van der Waals surface area contributed by atoms with Gasteiger partial charge in [-0.1, -0.05) is 35.9 Å². The maximum atomic E-state index is 6.06. The fourth-order valence-corrected chi connectivity index (χ4v) is 2.58. The Balaban J connectivity index is 2.17. The number of ether oxygens (including phenoxy) is 1. The number of likely N-dealkylation sites (N-methyl/N-ethyl adjacent to an activating group) is 1. The Bertz CT molecular complexity index is 583. The molecule has 1 N–H and O–H groups in total. The summed E-state index contributed by atoms with van der Waals surface area (Å²) in [4.78, 5) is 0. The van der Waals surface area contributed by atoms with Crippen molar-refractivity contribution in [1.29, 1.82) is 0 Å². The van der Waals surface area contributed by atoms with Crippen molar-refractivity contribution >= 4 is 11.6 Å². The summed E-state index contributed by atoms with van der Waals surface area (Å²) in [5.41, 5.74) is 2.44. The van der Waals surface area contributed by atoms with E-state index in [4.69, 9.17) is 16.3 Å². The zero-order valence-corrected chi connectivity index (χ0v) is 13.5. The molecule has 0 saturated carbocycles. The van der Waals surface area contributed by atoms with Gasteiger partial charge in [-0.3, -0.25) is 0 Å². The van der Waals surface area contributed by atoms with Crippen LogP contribution in [-0.2, 0) is 6.42 Å². The Kier molecular flexibility index (Phi) is 5.66. The molecule has 1 unspecified atom stereocenters. The van der Waals surface area contributed by atoms with E-state index in [-0.39, 0.29) is 12.1 Å². The third-order valence-corrected chi connectivity index (χ3v) is 3.54. The second-order valence-electron chi connectivity index (χ2n) is 5.41. The van der Waals surface area contributed by atoms with Gasteiger partial charge in [0.25, 0.3) is 0 Å². The van der Waals surface area contributed by atoms with Crippen LogP contribution in [0.2, 0.25) is 5.02 Å². The van der Waals surface area contributed by atoms with Gasteiger partial charge >= 0.3 is 0 Å². The van der Waals surface area contributed by atoms with Crippen LogP contribution in [0.25, 0.3) is 0 Å². The van der Waals surface area contributed by atoms with Crippen molar-refractivity contribution in [2.75, 3.05) is 7.05 Å². The van der Waals surface area contributed by atoms with Crippen molar-refractivity contribution in [1.82, 2.24) is 5.32 Å². The summed E-state index contributed by atoms with van der Waals surface area (Å²) in [6.45, 7) is 4.07. The van der Waals surface area contributed by atoms with Gasteiger partial charge in [0, 0.05) is 11.1 Å². The largest absolute Gasteiger partial charge is 0.491 e. The van der Waals surface area contributed by atoms with Gasteiger partial charge in [-0.05, 0) is 62.7 Å². The normalized spacial score (nSPS) is 12.4. The van der Waals surface area contributed by atoms with Crippen molar-refractivity contribution in [2.45, 2.75) is 32.4 Å². The molecule has 0 spiro atoms. The molecule has 21 heavy (non-hydrogen) atoms. The van der Waals surface area contributed by atoms with Crippen LogP contribution < -0.4 is 10.1 Å². The predicted octanol–water partition coefficient (Wildman–Crippen LogP) is 4.63. The minimum atomic E-state index is 0.182. The van der Waals surface area contributed by atoms with Crippen molar-refractivity contribution in [3.8, 4) is 5.75 Å². The Hall–Kier alpha value is -1.51. The van der Waals surface area contributed by atoms with Crippen LogP contribution in [-0.4, -0.2) is 13.2 Å². The molecule has 0 aliphatic heterocycles. The first kappa shape index (κ1) is 15.9. The molecule has 0 radical (unpaired) electrons. The number of benzene rings is 2. The fraction of sp³-hybridized carbons (Fsp3) is 0.333. The van der Waals surface area contributed by atoms with Crippen LogP contribution in [0, 0.1) is 0 Å². The van der Waals surface area contributed by atoms with Crippen molar-refractivity contribution < 1.29 is 4.74 Å². The molecular weight excluding hydrogens is 282 g/mol. The molecular formula is C18H22ClNO. The van der Waals surface area contributed by atoms with E-state index in [0.717, 1.165) is 17.2 Å². The summed E-state index contributed by atoms with van der Waals surface area (Å²) in [6, 6.07) is 16.5. The minimum absolute atomic E-state index is 0.182. The average molecular weight is 304 g/mol. The second-order valence-corrected chi connectivity index (χ2v) is 5.85.